The number of carbonyl (C=O) groups is 2. The van der Waals surface area contributed by atoms with Crippen LogP contribution in [0.25, 0.3) is 0 Å². The Morgan fingerprint density at radius 1 is 1.33 bits per heavy atom. The van der Waals surface area contributed by atoms with Crippen LogP contribution in [0.4, 0.5) is 0 Å². The molecule has 2 bridgehead atoms. The number of carbonyl (C=O) groups excluding carboxylic acids is 2. The molecule has 2 fully saturated rings. The smallest absolute Gasteiger partial charge is 0.249 e. The molecular weight excluding hydrogens is 248 g/mol. The van der Waals surface area contributed by atoms with Crippen LogP contribution < -0.4 is 5.32 Å². The van der Waals surface area contributed by atoms with Gasteiger partial charge in [-0.2, -0.15) is 0 Å². The summed E-state index contributed by atoms with van der Waals surface area (Å²) in [4.78, 5) is 26.4. The third-order valence-electron chi connectivity index (χ3n) is 3.83. The number of nitrogens with zero attached hydrogens (tertiary/aromatic N) is 1. The van der Waals surface area contributed by atoms with E-state index >= 15 is 0 Å². The van der Waals surface area contributed by atoms with E-state index in [-0.39, 0.29) is 22.8 Å². The summed E-state index contributed by atoms with van der Waals surface area (Å²) in [5, 5.41) is 2.86. The minimum Gasteiger partial charge on any atom is -0.301 e. The van der Waals surface area contributed by atoms with Gasteiger partial charge < -0.3 is 5.32 Å². The van der Waals surface area contributed by atoms with Gasteiger partial charge in [0.15, 0.2) is 10.5 Å². The Kier molecular flexibility index (Phi) is 2.28. The maximum atomic E-state index is 12.5. The van der Waals surface area contributed by atoms with Crippen LogP contribution in [0.15, 0.2) is 30.3 Å². The summed E-state index contributed by atoms with van der Waals surface area (Å²) in [6, 6.07) is 9.20. The Morgan fingerprint density at radius 3 is 2.67 bits per heavy atom. The third-order valence-corrected chi connectivity index (χ3v) is 4.15. The Hall–Kier alpha value is -1.75. The molecule has 2 heterocycles. The van der Waals surface area contributed by atoms with Gasteiger partial charge in [-0.25, -0.2) is 0 Å². The van der Waals surface area contributed by atoms with Gasteiger partial charge in [-0.15, -0.1) is 0 Å². The lowest BCUT2D eigenvalue weighted by Gasteiger charge is -2.34. The molecule has 4 nitrogen and oxygen atoms in total. The fourth-order valence-corrected chi connectivity index (χ4v) is 3.17. The molecule has 2 aliphatic rings. The van der Waals surface area contributed by atoms with Crippen molar-refractivity contribution in [3.05, 3.63) is 35.9 Å². The number of hydrogen-bond acceptors (Lipinski definition) is 3. The van der Waals surface area contributed by atoms with Crippen molar-refractivity contribution in [1.29, 1.82) is 0 Å². The second-order valence-corrected chi connectivity index (χ2v) is 5.14. The van der Waals surface area contributed by atoms with Gasteiger partial charge in [-0.05, 0) is 17.8 Å². The molecule has 1 aromatic rings. The fraction of sp³-hybridized carbons (Fsp3) is 0.308. The first-order valence-corrected chi connectivity index (χ1v) is 6.22. The van der Waals surface area contributed by atoms with Crippen LogP contribution in [0.3, 0.4) is 0 Å². The van der Waals surface area contributed by atoms with Gasteiger partial charge in [0.1, 0.15) is 0 Å². The summed E-state index contributed by atoms with van der Waals surface area (Å²) in [5.41, 5.74) is -0.367. The number of amides is 2. The SMILES string of the molecule is C[C@H]1CN2C(=O)[C@@]1(c1ccccc1)C(=O)NC2=S. The van der Waals surface area contributed by atoms with E-state index in [1.807, 2.05) is 37.3 Å². The predicted octanol–water partition coefficient (Wildman–Crippen LogP) is 0.817. The van der Waals surface area contributed by atoms with Gasteiger partial charge >= 0.3 is 0 Å². The number of benzene rings is 1. The van der Waals surface area contributed by atoms with Gasteiger partial charge in [0, 0.05) is 12.5 Å². The molecule has 2 aliphatic heterocycles. The molecule has 0 unspecified atom stereocenters. The van der Waals surface area contributed by atoms with E-state index in [1.54, 1.807) is 0 Å². The standard InChI is InChI=1S/C13H12N2O2S/c1-8-7-15-11(17)13(8,10(16)14-12(15)18)9-5-3-2-4-6-9/h2-6,8H,7H2,1H3,(H,14,16,18)/t8-,13-/m0/s1. The average molecular weight is 260 g/mol. The van der Waals surface area contributed by atoms with E-state index in [9.17, 15) is 9.59 Å². The Balaban J connectivity index is 2.22. The Bertz CT molecular complexity index is 557. The molecule has 5 heteroatoms. The Morgan fingerprint density at radius 2 is 2.00 bits per heavy atom. The molecule has 0 aromatic heterocycles. The van der Waals surface area contributed by atoms with E-state index in [4.69, 9.17) is 12.2 Å². The maximum Gasteiger partial charge on any atom is 0.249 e. The average Bonchev–Trinajstić information content (AvgIpc) is 2.57. The van der Waals surface area contributed by atoms with Crippen molar-refractivity contribution < 1.29 is 9.59 Å². The highest BCUT2D eigenvalue weighted by Crippen LogP contribution is 2.42. The van der Waals surface area contributed by atoms with Crippen molar-refractivity contribution in [2.75, 3.05) is 6.54 Å². The quantitative estimate of drug-likeness (QED) is 0.601. The van der Waals surface area contributed by atoms with Crippen molar-refractivity contribution in [3.63, 3.8) is 0 Å². The molecule has 2 atom stereocenters. The molecule has 0 radical (unpaired) electrons. The highest BCUT2D eigenvalue weighted by Gasteiger charge is 2.62. The molecule has 0 saturated carbocycles. The number of thiocarbonyl (C=S) groups is 1. The number of hydrogen-bond donors (Lipinski definition) is 1. The second kappa shape index (κ2) is 3.62. The minimum absolute atomic E-state index is 0.0900. The largest absolute Gasteiger partial charge is 0.301 e. The van der Waals surface area contributed by atoms with Crippen molar-refractivity contribution in [2.45, 2.75) is 12.3 Å². The first-order valence-electron chi connectivity index (χ1n) is 5.81. The maximum absolute atomic E-state index is 12.5. The van der Waals surface area contributed by atoms with Crippen LogP contribution in [0.2, 0.25) is 0 Å². The highest BCUT2D eigenvalue weighted by atomic mass is 32.1. The lowest BCUT2D eigenvalue weighted by atomic mass is 9.71. The number of fused-ring (bicyclic) bond motifs is 2. The van der Waals surface area contributed by atoms with Gasteiger partial charge in [0.2, 0.25) is 11.8 Å². The highest BCUT2D eigenvalue weighted by molar-refractivity contribution is 7.80. The van der Waals surface area contributed by atoms with Crippen LogP contribution >= 0.6 is 12.2 Å². The Labute approximate surface area is 110 Å². The first-order chi connectivity index (χ1) is 8.58. The van der Waals surface area contributed by atoms with Gasteiger partial charge in [-0.3, -0.25) is 14.5 Å². The zero-order valence-electron chi connectivity index (χ0n) is 9.84. The lowest BCUT2D eigenvalue weighted by molar-refractivity contribution is -0.140. The van der Waals surface area contributed by atoms with E-state index in [0.717, 1.165) is 5.56 Å². The summed E-state index contributed by atoms with van der Waals surface area (Å²) in [6.07, 6.45) is 0. The van der Waals surface area contributed by atoms with Crippen molar-refractivity contribution in [2.24, 2.45) is 5.92 Å². The molecule has 3 rings (SSSR count). The van der Waals surface area contributed by atoms with Crippen LogP contribution in [-0.2, 0) is 15.0 Å². The van der Waals surface area contributed by atoms with E-state index in [0.29, 0.717) is 6.54 Å². The van der Waals surface area contributed by atoms with E-state index in [2.05, 4.69) is 5.32 Å². The zero-order chi connectivity index (χ0) is 12.9. The van der Waals surface area contributed by atoms with Crippen LogP contribution in [-0.4, -0.2) is 28.4 Å². The molecule has 0 spiro atoms. The summed E-state index contributed by atoms with van der Waals surface area (Å²) in [6.45, 7) is 2.41. The minimum atomic E-state index is -1.11. The van der Waals surface area contributed by atoms with E-state index < -0.39 is 5.41 Å². The van der Waals surface area contributed by atoms with Crippen LogP contribution in [0.5, 0.6) is 0 Å². The molecule has 2 saturated heterocycles. The van der Waals surface area contributed by atoms with E-state index in [1.165, 1.54) is 4.90 Å². The molecular formula is C13H12N2O2S. The fourth-order valence-electron chi connectivity index (χ4n) is 2.92. The molecule has 18 heavy (non-hydrogen) atoms. The van der Waals surface area contributed by atoms with Crippen molar-refractivity contribution in [1.82, 2.24) is 10.2 Å². The number of nitrogens with one attached hydrogen (secondary N) is 1. The molecule has 0 aliphatic carbocycles. The first kappa shape index (κ1) is 11.3. The van der Waals surface area contributed by atoms with Crippen molar-refractivity contribution in [3.8, 4) is 0 Å². The third kappa shape index (κ3) is 1.17. The second-order valence-electron chi connectivity index (χ2n) is 4.75. The van der Waals surface area contributed by atoms with Gasteiger partial charge in [0.25, 0.3) is 0 Å². The molecule has 1 aromatic carbocycles. The summed E-state index contributed by atoms with van der Waals surface area (Å²) < 4.78 is 0. The van der Waals surface area contributed by atoms with Crippen molar-refractivity contribution >= 4 is 29.1 Å². The molecule has 2 amide bonds. The lowest BCUT2D eigenvalue weighted by Crippen LogP contribution is -2.61. The monoisotopic (exact) mass is 260 g/mol. The summed E-state index contributed by atoms with van der Waals surface area (Å²) in [5.74, 6) is -0.590. The van der Waals surface area contributed by atoms with Crippen LogP contribution in [0, 0.1) is 5.92 Å². The topological polar surface area (TPSA) is 49.4 Å². The van der Waals surface area contributed by atoms with Gasteiger partial charge in [0.05, 0.1) is 0 Å². The predicted molar refractivity (Wildman–Crippen MR) is 69.7 cm³/mol. The van der Waals surface area contributed by atoms with Crippen LogP contribution in [0.1, 0.15) is 12.5 Å². The molecule has 1 N–H and O–H groups in total. The van der Waals surface area contributed by atoms with Gasteiger partial charge in [-0.1, -0.05) is 37.3 Å². The normalized spacial score (nSPS) is 30.6. The summed E-state index contributed by atoms with van der Waals surface area (Å²) in [7, 11) is 0. The zero-order valence-corrected chi connectivity index (χ0v) is 10.7. The summed E-state index contributed by atoms with van der Waals surface area (Å²) >= 11 is 5.03. The number of rotatable bonds is 1. The molecule has 92 valence electrons.